The molecule has 1 aromatic heterocycles. The molecule has 110 valence electrons. The maximum Gasteiger partial charge on any atom is 0.340 e. The van der Waals surface area contributed by atoms with Crippen molar-refractivity contribution < 1.29 is 14.3 Å². The molecule has 0 bridgehead atoms. The van der Waals surface area contributed by atoms with Gasteiger partial charge in [0.2, 0.25) is 0 Å². The number of carbonyl (C=O) groups is 1. The highest BCUT2D eigenvalue weighted by atomic mass is 35.5. The summed E-state index contributed by atoms with van der Waals surface area (Å²) in [7, 11) is 0. The van der Waals surface area contributed by atoms with E-state index in [1.807, 2.05) is 30.3 Å². The fourth-order valence-electron chi connectivity index (χ4n) is 2.46. The number of halogens is 1. The third kappa shape index (κ3) is 2.61. The Kier molecular flexibility index (Phi) is 3.69. The number of benzene rings is 2. The Hall–Kier alpha value is -2.59. The molecule has 0 aliphatic heterocycles. The first-order valence-corrected chi connectivity index (χ1v) is 6.96. The van der Waals surface area contributed by atoms with E-state index in [4.69, 9.17) is 21.1 Å². The van der Waals surface area contributed by atoms with Crippen LogP contribution in [0.2, 0.25) is 5.02 Å². The monoisotopic (exact) mass is 314 g/mol. The topological polar surface area (TPSA) is 67.5 Å². The van der Waals surface area contributed by atoms with Crippen LogP contribution in [-0.4, -0.2) is 11.1 Å². The van der Waals surface area contributed by atoms with Crippen LogP contribution in [0.5, 0.6) is 0 Å². The number of hydrogen-bond acceptors (Lipinski definition) is 3. The first kappa shape index (κ1) is 14.4. The third-order valence-electron chi connectivity index (χ3n) is 3.35. The van der Waals surface area contributed by atoms with Gasteiger partial charge in [-0.3, -0.25) is 4.79 Å². The maximum absolute atomic E-state index is 12.2. The van der Waals surface area contributed by atoms with Gasteiger partial charge in [0, 0.05) is 16.0 Å². The molecule has 1 N–H and O–H groups in total. The minimum atomic E-state index is -1.09. The smallest absolute Gasteiger partial charge is 0.340 e. The lowest BCUT2D eigenvalue weighted by atomic mass is 9.95. The number of fused-ring (bicyclic) bond motifs is 1. The van der Waals surface area contributed by atoms with Crippen molar-refractivity contribution in [2.75, 3.05) is 0 Å². The molecule has 0 amide bonds. The number of aliphatic carboxylic acids is 1. The third-order valence-corrected chi connectivity index (χ3v) is 3.59. The second kappa shape index (κ2) is 5.66. The van der Waals surface area contributed by atoms with Crippen molar-refractivity contribution in [1.29, 1.82) is 0 Å². The summed E-state index contributed by atoms with van der Waals surface area (Å²) in [6.45, 7) is 0. The number of carboxylic acid groups (broad SMARTS) is 1. The van der Waals surface area contributed by atoms with E-state index in [1.54, 1.807) is 18.2 Å². The van der Waals surface area contributed by atoms with E-state index >= 15 is 0 Å². The fraction of sp³-hybridized carbons (Fsp3) is 0.0588. The standard InChI is InChI=1S/C17H11ClO4/c18-11-6-7-14-12(8-11)16(10-4-2-1-3-5-10)13(9-15(19)20)17(21)22-14/h1-8H,9H2,(H,19,20). The Morgan fingerprint density at radius 3 is 2.55 bits per heavy atom. The van der Waals surface area contributed by atoms with Gasteiger partial charge in [-0.15, -0.1) is 0 Å². The Labute approximate surface area is 130 Å². The van der Waals surface area contributed by atoms with Gasteiger partial charge in [-0.2, -0.15) is 0 Å². The lowest BCUT2D eigenvalue weighted by Crippen LogP contribution is -2.14. The molecule has 0 fully saturated rings. The molecule has 0 radical (unpaired) electrons. The summed E-state index contributed by atoms with van der Waals surface area (Å²) in [5.74, 6) is -1.09. The van der Waals surface area contributed by atoms with Crippen molar-refractivity contribution in [2.45, 2.75) is 6.42 Å². The summed E-state index contributed by atoms with van der Waals surface area (Å²) < 4.78 is 5.23. The molecular weight excluding hydrogens is 304 g/mol. The van der Waals surface area contributed by atoms with Crippen LogP contribution in [-0.2, 0) is 11.2 Å². The molecule has 0 aliphatic carbocycles. The average Bonchev–Trinajstić information content (AvgIpc) is 2.49. The normalized spacial score (nSPS) is 10.8. The molecule has 0 saturated heterocycles. The fourth-order valence-corrected chi connectivity index (χ4v) is 2.63. The molecule has 0 spiro atoms. The largest absolute Gasteiger partial charge is 0.481 e. The van der Waals surface area contributed by atoms with Gasteiger partial charge in [-0.1, -0.05) is 41.9 Å². The molecule has 0 atom stereocenters. The zero-order chi connectivity index (χ0) is 15.7. The van der Waals surface area contributed by atoms with Crippen molar-refractivity contribution >= 4 is 28.5 Å². The molecule has 0 saturated carbocycles. The number of rotatable bonds is 3. The van der Waals surface area contributed by atoms with Crippen LogP contribution in [0.3, 0.4) is 0 Å². The summed E-state index contributed by atoms with van der Waals surface area (Å²) in [5, 5.41) is 10.2. The molecule has 0 aliphatic rings. The van der Waals surface area contributed by atoms with E-state index in [2.05, 4.69) is 0 Å². The first-order chi connectivity index (χ1) is 10.6. The molecule has 22 heavy (non-hydrogen) atoms. The molecule has 3 aromatic rings. The molecule has 5 heteroatoms. The van der Waals surface area contributed by atoms with Gasteiger partial charge in [-0.25, -0.2) is 4.79 Å². The van der Waals surface area contributed by atoms with E-state index in [1.165, 1.54) is 0 Å². The maximum atomic E-state index is 12.2. The Balaban J connectivity index is 2.44. The summed E-state index contributed by atoms with van der Waals surface area (Å²) in [4.78, 5) is 23.3. The average molecular weight is 315 g/mol. The second-order valence-electron chi connectivity index (χ2n) is 4.82. The minimum Gasteiger partial charge on any atom is -0.481 e. The summed E-state index contributed by atoms with van der Waals surface area (Å²) in [6, 6.07) is 14.0. The molecular formula is C17H11ClO4. The Morgan fingerprint density at radius 2 is 1.86 bits per heavy atom. The zero-order valence-corrected chi connectivity index (χ0v) is 12.1. The predicted molar refractivity (Wildman–Crippen MR) is 84.3 cm³/mol. The van der Waals surface area contributed by atoms with Crippen LogP contribution >= 0.6 is 11.6 Å². The summed E-state index contributed by atoms with van der Waals surface area (Å²) >= 11 is 6.04. The second-order valence-corrected chi connectivity index (χ2v) is 5.26. The van der Waals surface area contributed by atoms with Crippen molar-refractivity contribution in [3.63, 3.8) is 0 Å². The van der Waals surface area contributed by atoms with Crippen LogP contribution in [0.1, 0.15) is 5.56 Å². The molecule has 1 heterocycles. The predicted octanol–water partition coefficient (Wildman–Crippen LogP) is 3.74. The van der Waals surface area contributed by atoms with Gasteiger partial charge in [0.15, 0.2) is 0 Å². The van der Waals surface area contributed by atoms with E-state index in [-0.39, 0.29) is 5.56 Å². The van der Waals surface area contributed by atoms with Crippen LogP contribution < -0.4 is 5.63 Å². The van der Waals surface area contributed by atoms with Gasteiger partial charge in [0.1, 0.15) is 5.58 Å². The summed E-state index contributed by atoms with van der Waals surface area (Å²) in [5.41, 5.74) is 1.16. The highest BCUT2D eigenvalue weighted by Crippen LogP contribution is 2.32. The van der Waals surface area contributed by atoms with Crippen molar-refractivity contribution in [3.8, 4) is 11.1 Å². The van der Waals surface area contributed by atoms with Gasteiger partial charge in [0.25, 0.3) is 0 Å². The van der Waals surface area contributed by atoms with Crippen LogP contribution in [0.15, 0.2) is 57.7 Å². The van der Waals surface area contributed by atoms with E-state index in [0.717, 1.165) is 5.56 Å². The van der Waals surface area contributed by atoms with Gasteiger partial charge < -0.3 is 9.52 Å². The van der Waals surface area contributed by atoms with Crippen molar-refractivity contribution in [3.05, 3.63) is 69.5 Å². The molecule has 2 aromatic carbocycles. The van der Waals surface area contributed by atoms with E-state index in [0.29, 0.717) is 21.6 Å². The molecule has 4 nitrogen and oxygen atoms in total. The SMILES string of the molecule is O=C(O)Cc1c(-c2ccccc2)c2cc(Cl)ccc2oc1=O. The summed E-state index contributed by atoms with van der Waals surface area (Å²) in [6.07, 6.45) is -0.408. The van der Waals surface area contributed by atoms with Gasteiger partial charge >= 0.3 is 11.6 Å². The van der Waals surface area contributed by atoms with E-state index in [9.17, 15) is 9.59 Å². The Morgan fingerprint density at radius 1 is 1.14 bits per heavy atom. The van der Waals surface area contributed by atoms with Crippen LogP contribution in [0.25, 0.3) is 22.1 Å². The lowest BCUT2D eigenvalue weighted by Gasteiger charge is -2.11. The van der Waals surface area contributed by atoms with Crippen LogP contribution in [0, 0.1) is 0 Å². The molecule has 0 unspecified atom stereocenters. The lowest BCUT2D eigenvalue weighted by molar-refractivity contribution is -0.136. The highest BCUT2D eigenvalue weighted by molar-refractivity contribution is 6.31. The quantitative estimate of drug-likeness (QED) is 0.748. The minimum absolute atomic E-state index is 0.119. The van der Waals surface area contributed by atoms with Crippen molar-refractivity contribution in [1.82, 2.24) is 0 Å². The molecule has 3 rings (SSSR count). The van der Waals surface area contributed by atoms with E-state index < -0.39 is 18.0 Å². The van der Waals surface area contributed by atoms with Gasteiger partial charge in [0.05, 0.1) is 12.0 Å². The van der Waals surface area contributed by atoms with Crippen molar-refractivity contribution in [2.24, 2.45) is 0 Å². The zero-order valence-electron chi connectivity index (χ0n) is 11.4. The highest BCUT2D eigenvalue weighted by Gasteiger charge is 2.18. The Bertz CT molecular complexity index is 913. The van der Waals surface area contributed by atoms with Gasteiger partial charge in [-0.05, 0) is 23.8 Å². The first-order valence-electron chi connectivity index (χ1n) is 6.58. The number of hydrogen-bond donors (Lipinski definition) is 1. The van der Waals surface area contributed by atoms with Crippen LogP contribution in [0.4, 0.5) is 0 Å². The number of carboxylic acids is 1.